The highest BCUT2D eigenvalue weighted by molar-refractivity contribution is 7.98. The van der Waals surface area contributed by atoms with Crippen LogP contribution < -0.4 is 5.32 Å². The van der Waals surface area contributed by atoms with E-state index in [9.17, 15) is 4.79 Å². The maximum atomic E-state index is 12.6. The molecule has 2 aromatic carbocycles. The van der Waals surface area contributed by atoms with Gasteiger partial charge in [0, 0.05) is 34.3 Å². The van der Waals surface area contributed by atoms with Crippen molar-refractivity contribution in [1.29, 1.82) is 0 Å². The summed E-state index contributed by atoms with van der Waals surface area (Å²) in [4.78, 5) is 15.8. The molecule has 0 radical (unpaired) electrons. The van der Waals surface area contributed by atoms with Crippen LogP contribution in [0.4, 0.5) is 0 Å². The van der Waals surface area contributed by atoms with Crippen LogP contribution in [0.3, 0.4) is 0 Å². The largest absolute Gasteiger partial charge is 0.338 e. The van der Waals surface area contributed by atoms with Gasteiger partial charge in [-0.05, 0) is 67.9 Å². The Morgan fingerprint density at radius 2 is 1.88 bits per heavy atom. The minimum Gasteiger partial charge on any atom is -0.338 e. The number of carbonyl (C=O) groups excluding carboxylic acids is 1. The van der Waals surface area contributed by atoms with E-state index in [1.54, 1.807) is 11.8 Å². The van der Waals surface area contributed by atoms with Crippen molar-refractivity contribution in [2.24, 2.45) is 5.92 Å². The van der Waals surface area contributed by atoms with Crippen LogP contribution in [0, 0.1) is 5.92 Å². The Morgan fingerprint density at radius 1 is 1.19 bits per heavy atom. The monoisotopic (exact) mass is 410 g/mol. The lowest BCUT2D eigenvalue weighted by molar-refractivity contribution is 0.0787. The van der Waals surface area contributed by atoms with E-state index in [0.717, 1.165) is 42.4 Å². The molecule has 3 rings (SSSR count). The van der Waals surface area contributed by atoms with E-state index >= 15 is 0 Å². The molecule has 26 heavy (non-hydrogen) atoms. The Hall–Kier alpha value is -1.20. The van der Waals surface area contributed by atoms with Gasteiger partial charge in [-0.25, -0.2) is 0 Å². The summed E-state index contributed by atoms with van der Waals surface area (Å²) in [7, 11) is 1.96. The fourth-order valence-electron chi connectivity index (χ4n) is 3.10. The van der Waals surface area contributed by atoms with Crippen LogP contribution >= 0.6 is 35.8 Å². The summed E-state index contributed by atoms with van der Waals surface area (Å²) in [5, 5.41) is 3.95. The highest BCUT2D eigenvalue weighted by Crippen LogP contribution is 2.25. The Morgan fingerprint density at radius 3 is 2.54 bits per heavy atom. The predicted molar refractivity (Wildman–Crippen MR) is 113 cm³/mol. The number of benzene rings is 2. The second-order valence-corrected chi connectivity index (χ2v) is 7.89. The maximum Gasteiger partial charge on any atom is 0.253 e. The summed E-state index contributed by atoms with van der Waals surface area (Å²) in [5.74, 6) is 1.60. The van der Waals surface area contributed by atoms with Crippen molar-refractivity contribution in [3.8, 4) is 0 Å². The minimum atomic E-state index is 0. The molecule has 0 spiro atoms. The Bertz CT molecular complexity index is 707. The summed E-state index contributed by atoms with van der Waals surface area (Å²) in [6.45, 7) is 2.69. The number of hydrogen-bond acceptors (Lipinski definition) is 3. The third-order valence-electron chi connectivity index (χ3n) is 4.49. The lowest BCUT2D eigenvalue weighted by Gasteiger charge is -2.17. The number of thioether (sulfide) groups is 1. The van der Waals surface area contributed by atoms with E-state index in [1.807, 2.05) is 48.3 Å². The van der Waals surface area contributed by atoms with E-state index < -0.39 is 0 Å². The van der Waals surface area contributed by atoms with Gasteiger partial charge >= 0.3 is 0 Å². The van der Waals surface area contributed by atoms with E-state index in [0.29, 0.717) is 5.92 Å². The SMILES string of the molecule is CNCC1CCN(C(=O)c2ccc(CSc3ccc(Cl)cc3)cc2)C1.Cl. The summed E-state index contributed by atoms with van der Waals surface area (Å²) >= 11 is 7.67. The number of carbonyl (C=O) groups is 1. The van der Waals surface area contributed by atoms with E-state index in [4.69, 9.17) is 11.6 Å². The molecule has 1 amide bonds. The molecular formula is C20H24Cl2N2OS. The van der Waals surface area contributed by atoms with Crippen molar-refractivity contribution < 1.29 is 4.79 Å². The van der Waals surface area contributed by atoms with Crippen LogP contribution in [0.15, 0.2) is 53.4 Å². The molecule has 1 fully saturated rings. The summed E-state index contributed by atoms with van der Waals surface area (Å²) < 4.78 is 0. The fraction of sp³-hybridized carbons (Fsp3) is 0.350. The number of nitrogens with zero attached hydrogens (tertiary/aromatic N) is 1. The van der Waals surface area contributed by atoms with Crippen molar-refractivity contribution in [3.05, 3.63) is 64.7 Å². The molecule has 3 nitrogen and oxygen atoms in total. The number of likely N-dealkylation sites (tertiary alicyclic amines) is 1. The normalized spacial score (nSPS) is 16.4. The number of amides is 1. The maximum absolute atomic E-state index is 12.6. The van der Waals surface area contributed by atoms with Crippen LogP contribution in [0.25, 0.3) is 0 Å². The standard InChI is InChI=1S/C20H23ClN2OS.ClH/c1-22-12-16-10-11-23(13-16)20(24)17-4-2-15(3-5-17)14-25-19-8-6-18(21)7-9-19;/h2-9,16,22H,10-14H2,1H3;1H. The Balaban J connectivity index is 0.00000243. The molecule has 140 valence electrons. The van der Waals surface area contributed by atoms with Crippen molar-refractivity contribution in [2.75, 3.05) is 26.7 Å². The van der Waals surface area contributed by atoms with Gasteiger partial charge in [0.1, 0.15) is 0 Å². The number of halogens is 2. The first-order chi connectivity index (χ1) is 12.2. The zero-order valence-electron chi connectivity index (χ0n) is 14.8. The quantitative estimate of drug-likeness (QED) is 0.698. The molecule has 1 aliphatic heterocycles. The van der Waals surface area contributed by atoms with Crippen LogP contribution in [0.2, 0.25) is 5.02 Å². The van der Waals surface area contributed by atoms with Gasteiger partial charge in [-0.2, -0.15) is 0 Å². The third kappa shape index (κ3) is 5.65. The van der Waals surface area contributed by atoms with Gasteiger partial charge in [0.15, 0.2) is 0 Å². The molecule has 0 saturated carbocycles. The van der Waals surface area contributed by atoms with Gasteiger partial charge < -0.3 is 10.2 Å². The molecule has 1 N–H and O–H groups in total. The topological polar surface area (TPSA) is 32.3 Å². The molecule has 1 aliphatic rings. The summed E-state index contributed by atoms with van der Waals surface area (Å²) in [5.41, 5.74) is 2.00. The minimum absolute atomic E-state index is 0. The van der Waals surface area contributed by atoms with Gasteiger partial charge in [-0.15, -0.1) is 24.2 Å². The molecule has 1 saturated heterocycles. The fourth-order valence-corrected chi connectivity index (χ4v) is 4.08. The van der Waals surface area contributed by atoms with Crippen LogP contribution in [-0.2, 0) is 5.75 Å². The van der Waals surface area contributed by atoms with Crippen LogP contribution in [0.1, 0.15) is 22.3 Å². The average Bonchev–Trinajstić information content (AvgIpc) is 3.10. The molecule has 1 heterocycles. The molecule has 1 atom stereocenters. The molecule has 0 bridgehead atoms. The first-order valence-electron chi connectivity index (χ1n) is 8.57. The second-order valence-electron chi connectivity index (χ2n) is 6.40. The summed E-state index contributed by atoms with van der Waals surface area (Å²) in [6.07, 6.45) is 1.09. The number of nitrogens with one attached hydrogen (secondary N) is 1. The van der Waals surface area contributed by atoms with Gasteiger partial charge in [-0.3, -0.25) is 4.79 Å². The highest BCUT2D eigenvalue weighted by atomic mass is 35.5. The number of hydrogen-bond donors (Lipinski definition) is 1. The smallest absolute Gasteiger partial charge is 0.253 e. The summed E-state index contributed by atoms with van der Waals surface area (Å²) in [6, 6.07) is 15.9. The molecule has 0 aliphatic carbocycles. The molecule has 2 aromatic rings. The van der Waals surface area contributed by atoms with Gasteiger partial charge in [0.05, 0.1) is 0 Å². The van der Waals surface area contributed by atoms with Gasteiger partial charge in [0.25, 0.3) is 5.91 Å². The molecular weight excluding hydrogens is 387 g/mol. The lowest BCUT2D eigenvalue weighted by atomic mass is 10.1. The third-order valence-corrected chi connectivity index (χ3v) is 5.82. The number of rotatable bonds is 6. The van der Waals surface area contributed by atoms with Crippen molar-refractivity contribution in [3.63, 3.8) is 0 Å². The van der Waals surface area contributed by atoms with Crippen molar-refractivity contribution in [1.82, 2.24) is 10.2 Å². The zero-order chi connectivity index (χ0) is 17.6. The van der Waals surface area contributed by atoms with E-state index in [1.165, 1.54) is 10.5 Å². The highest BCUT2D eigenvalue weighted by Gasteiger charge is 2.26. The zero-order valence-corrected chi connectivity index (χ0v) is 17.2. The lowest BCUT2D eigenvalue weighted by Crippen LogP contribution is -2.30. The first-order valence-corrected chi connectivity index (χ1v) is 9.93. The first kappa shape index (κ1) is 21.1. The molecule has 6 heteroatoms. The second kappa shape index (κ2) is 10.2. The van der Waals surface area contributed by atoms with E-state index in [-0.39, 0.29) is 18.3 Å². The Kier molecular flexibility index (Phi) is 8.29. The van der Waals surface area contributed by atoms with Crippen LogP contribution in [-0.4, -0.2) is 37.5 Å². The molecule has 0 aromatic heterocycles. The van der Waals surface area contributed by atoms with Crippen LogP contribution in [0.5, 0.6) is 0 Å². The van der Waals surface area contributed by atoms with Gasteiger partial charge in [-0.1, -0.05) is 23.7 Å². The molecule has 1 unspecified atom stereocenters. The van der Waals surface area contributed by atoms with Crippen molar-refractivity contribution in [2.45, 2.75) is 17.1 Å². The average molecular weight is 411 g/mol. The predicted octanol–water partition coefficient (Wildman–Crippen LogP) is 4.74. The Labute approximate surface area is 170 Å². The van der Waals surface area contributed by atoms with Crippen molar-refractivity contribution >= 4 is 41.7 Å². The van der Waals surface area contributed by atoms with Gasteiger partial charge in [0.2, 0.25) is 0 Å². The van der Waals surface area contributed by atoms with E-state index in [2.05, 4.69) is 17.4 Å².